The van der Waals surface area contributed by atoms with Crippen LogP contribution in [0, 0.1) is 0 Å². The Hall–Kier alpha value is -1.09. The summed E-state index contributed by atoms with van der Waals surface area (Å²) in [4.78, 5) is 3.98. The van der Waals surface area contributed by atoms with Gasteiger partial charge in [-0.25, -0.2) is 0 Å². The van der Waals surface area contributed by atoms with Gasteiger partial charge in [0.15, 0.2) is 0 Å². The molecule has 0 aliphatic heterocycles. The molecule has 0 aromatic carbocycles. The molecule has 2 N–H and O–H groups in total. The number of ether oxygens (including phenoxy) is 1. The van der Waals surface area contributed by atoms with Gasteiger partial charge in [-0.3, -0.25) is 4.98 Å². The highest BCUT2D eigenvalue weighted by molar-refractivity contribution is 5.29. The maximum atomic E-state index is 5.55. The number of hydrogen-bond donors (Lipinski definition) is 1. The quantitative estimate of drug-likeness (QED) is 0.702. The number of aromatic nitrogens is 1. The third kappa shape index (κ3) is 3.03. The molecule has 0 spiro atoms. The lowest BCUT2D eigenvalue weighted by atomic mass is 10.2. The van der Waals surface area contributed by atoms with Crippen LogP contribution < -0.4 is 10.5 Å². The molecule has 0 aliphatic carbocycles. The van der Waals surface area contributed by atoms with Gasteiger partial charge in [-0.1, -0.05) is 13.3 Å². The maximum absolute atomic E-state index is 5.55. The number of hydrogen-bond acceptors (Lipinski definition) is 3. The molecule has 0 saturated heterocycles. The van der Waals surface area contributed by atoms with E-state index in [0.717, 1.165) is 30.8 Å². The summed E-state index contributed by atoms with van der Waals surface area (Å²) in [6.07, 6.45) is 5.69. The van der Waals surface area contributed by atoms with E-state index in [0.29, 0.717) is 6.54 Å². The van der Waals surface area contributed by atoms with Crippen molar-refractivity contribution in [3.8, 4) is 5.75 Å². The van der Waals surface area contributed by atoms with E-state index in [4.69, 9.17) is 10.5 Å². The normalized spacial score (nSPS) is 10.0. The first-order valence-corrected chi connectivity index (χ1v) is 4.64. The van der Waals surface area contributed by atoms with Gasteiger partial charge in [0.05, 0.1) is 6.61 Å². The SMILES string of the molecule is CCCCOc1ccncc1CN. The van der Waals surface area contributed by atoms with Gasteiger partial charge < -0.3 is 10.5 Å². The molecule has 0 saturated carbocycles. The minimum absolute atomic E-state index is 0.481. The van der Waals surface area contributed by atoms with E-state index in [9.17, 15) is 0 Å². The first kappa shape index (κ1) is 9.99. The van der Waals surface area contributed by atoms with Crippen molar-refractivity contribution in [1.82, 2.24) is 4.98 Å². The third-order valence-electron chi connectivity index (χ3n) is 1.83. The molecule has 0 aliphatic rings. The molecule has 1 aromatic rings. The van der Waals surface area contributed by atoms with E-state index in [-0.39, 0.29) is 0 Å². The van der Waals surface area contributed by atoms with Gasteiger partial charge in [-0.2, -0.15) is 0 Å². The summed E-state index contributed by atoms with van der Waals surface area (Å²) in [5, 5.41) is 0. The van der Waals surface area contributed by atoms with Crippen LogP contribution in [0.3, 0.4) is 0 Å². The van der Waals surface area contributed by atoms with Crippen LogP contribution in [-0.4, -0.2) is 11.6 Å². The van der Waals surface area contributed by atoms with Crippen LogP contribution in [-0.2, 0) is 6.54 Å². The lowest BCUT2D eigenvalue weighted by Crippen LogP contribution is -2.03. The van der Waals surface area contributed by atoms with Gasteiger partial charge >= 0.3 is 0 Å². The predicted molar refractivity (Wildman–Crippen MR) is 52.5 cm³/mol. The molecule has 1 aromatic heterocycles. The first-order valence-electron chi connectivity index (χ1n) is 4.64. The second kappa shape index (κ2) is 5.54. The molecule has 72 valence electrons. The first-order chi connectivity index (χ1) is 6.38. The van der Waals surface area contributed by atoms with Crippen molar-refractivity contribution >= 4 is 0 Å². The zero-order valence-corrected chi connectivity index (χ0v) is 7.99. The molecule has 3 nitrogen and oxygen atoms in total. The van der Waals surface area contributed by atoms with Crippen LogP contribution in [0.4, 0.5) is 0 Å². The average molecular weight is 180 g/mol. The largest absolute Gasteiger partial charge is 0.493 e. The molecule has 0 radical (unpaired) electrons. The topological polar surface area (TPSA) is 48.1 Å². The standard InChI is InChI=1S/C10H16N2O/c1-2-3-6-13-10-4-5-12-8-9(10)7-11/h4-5,8H,2-3,6-7,11H2,1H3. The van der Waals surface area contributed by atoms with Crippen LogP contribution in [0.25, 0.3) is 0 Å². The Morgan fingerprint density at radius 2 is 2.38 bits per heavy atom. The summed E-state index contributed by atoms with van der Waals surface area (Å²) in [5.41, 5.74) is 6.51. The molecule has 0 atom stereocenters. The van der Waals surface area contributed by atoms with E-state index in [1.165, 1.54) is 0 Å². The molecule has 0 unspecified atom stereocenters. The van der Waals surface area contributed by atoms with E-state index >= 15 is 0 Å². The van der Waals surface area contributed by atoms with Gasteiger partial charge in [0.2, 0.25) is 0 Å². The number of pyridine rings is 1. The Labute approximate surface area is 78.9 Å². The van der Waals surface area contributed by atoms with E-state index in [2.05, 4.69) is 11.9 Å². The van der Waals surface area contributed by atoms with Gasteiger partial charge in [-0.15, -0.1) is 0 Å². The zero-order valence-electron chi connectivity index (χ0n) is 7.99. The maximum Gasteiger partial charge on any atom is 0.126 e. The van der Waals surface area contributed by atoms with Gasteiger partial charge in [0.1, 0.15) is 5.75 Å². The van der Waals surface area contributed by atoms with Crippen molar-refractivity contribution in [2.75, 3.05) is 6.61 Å². The average Bonchev–Trinajstić information content (AvgIpc) is 2.19. The van der Waals surface area contributed by atoms with Gasteiger partial charge in [0.25, 0.3) is 0 Å². The Bertz CT molecular complexity index is 250. The number of rotatable bonds is 5. The molecule has 0 bridgehead atoms. The third-order valence-corrected chi connectivity index (χ3v) is 1.83. The number of nitrogens with zero attached hydrogens (tertiary/aromatic N) is 1. The monoisotopic (exact) mass is 180 g/mol. The fraction of sp³-hybridized carbons (Fsp3) is 0.500. The lowest BCUT2D eigenvalue weighted by Gasteiger charge is -2.08. The zero-order chi connectivity index (χ0) is 9.52. The summed E-state index contributed by atoms with van der Waals surface area (Å²) >= 11 is 0. The molecule has 0 amide bonds. The second-order valence-corrected chi connectivity index (χ2v) is 2.89. The second-order valence-electron chi connectivity index (χ2n) is 2.89. The van der Waals surface area contributed by atoms with Crippen molar-refractivity contribution in [2.24, 2.45) is 5.73 Å². The van der Waals surface area contributed by atoms with Crippen LogP contribution >= 0.6 is 0 Å². The van der Waals surface area contributed by atoms with E-state index in [1.807, 2.05) is 6.07 Å². The van der Waals surface area contributed by atoms with Crippen molar-refractivity contribution in [1.29, 1.82) is 0 Å². The highest BCUT2D eigenvalue weighted by atomic mass is 16.5. The molecule has 1 heterocycles. The van der Waals surface area contributed by atoms with Crippen molar-refractivity contribution < 1.29 is 4.74 Å². The summed E-state index contributed by atoms with van der Waals surface area (Å²) in [5.74, 6) is 0.867. The van der Waals surface area contributed by atoms with Crippen LogP contribution in [0.15, 0.2) is 18.5 Å². The van der Waals surface area contributed by atoms with Gasteiger partial charge in [-0.05, 0) is 12.5 Å². The molecule has 3 heteroatoms. The Morgan fingerprint density at radius 3 is 3.08 bits per heavy atom. The van der Waals surface area contributed by atoms with E-state index < -0.39 is 0 Å². The molecule has 1 rings (SSSR count). The van der Waals surface area contributed by atoms with Crippen molar-refractivity contribution in [3.05, 3.63) is 24.0 Å². The van der Waals surface area contributed by atoms with Crippen LogP contribution in [0.2, 0.25) is 0 Å². The fourth-order valence-corrected chi connectivity index (χ4v) is 1.03. The molecule has 0 fully saturated rings. The Morgan fingerprint density at radius 1 is 1.54 bits per heavy atom. The molecule has 13 heavy (non-hydrogen) atoms. The summed E-state index contributed by atoms with van der Waals surface area (Å²) in [6, 6.07) is 1.86. The van der Waals surface area contributed by atoms with Crippen molar-refractivity contribution in [3.63, 3.8) is 0 Å². The van der Waals surface area contributed by atoms with Crippen LogP contribution in [0.1, 0.15) is 25.3 Å². The summed E-state index contributed by atoms with van der Waals surface area (Å²) < 4.78 is 5.55. The minimum atomic E-state index is 0.481. The molecular formula is C10H16N2O. The fourth-order valence-electron chi connectivity index (χ4n) is 1.03. The molecular weight excluding hydrogens is 164 g/mol. The van der Waals surface area contributed by atoms with Crippen molar-refractivity contribution in [2.45, 2.75) is 26.3 Å². The number of nitrogens with two attached hydrogens (primary N) is 1. The van der Waals surface area contributed by atoms with E-state index in [1.54, 1.807) is 12.4 Å². The highest BCUT2D eigenvalue weighted by Gasteiger charge is 1.99. The predicted octanol–water partition coefficient (Wildman–Crippen LogP) is 1.72. The minimum Gasteiger partial charge on any atom is -0.493 e. The smallest absolute Gasteiger partial charge is 0.126 e. The van der Waals surface area contributed by atoms with Gasteiger partial charge in [0, 0.05) is 24.5 Å². The number of unbranched alkanes of at least 4 members (excludes halogenated alkanes) is 1. The summed E-state index contributed by atoms with van der Waals surface area (Å²) in [7, 11) is 0. The Kier molecular flexibility index (Phi) is 4.26. The highest BCUT2D eigenvalue weighted by Crippen LogP contribution is 2.15. The van der Waals surface area contributed by atoms with Crippen LogP contribution in [0.5, 0.6) is 5.75 Å². The lowest BCUT2D eigenvalue weighted by molar-refractivity contribution is 0.306. The Balaban J connectivity index is 2.54. The summed E-state index contributed by atoms with van der Waals surface area (Å²) in [6.45, 7) is 3.38.